The van der Waals surface area contributed by atoms with Crippen LogP contribution in [-0.4, -0.2) is 23.8 Å². The molecule has 136 valence electrons. The third kappa shape index (κ3) is 3.81. The minimum absolute atomic E-state index is 0.0907. The molecule has 1 aromatic rings. The lowest BCUT2D eigenvalue weighted by atomic mass is 9.94. The highest BCUT2D eigenvalue weighted by Gasteiger charge is 2.42. The normalized spacial score (nSPS) is 18.8. The van der Waals surface area contributed by atoms with E-state index in [0.717, 1.165) is 25.7 Å². The van der Waals surface area contributed by atoms with Crippen LogP contribution in [0.2, 0.25) is 0 Å². The molecule has 25 heavy (non-hydrogen) atoms. The van der Waals surface area contributed by atoms with Gasteiger partial charge in [0.15, 0.2) is 11.5 Å². The third-order valence-corrected chi connectivity index (χ3v) is 4.67. The van der Waals surface area contributed by atoms with Gasteiger partial charge in [0.1, 0.15) is 6.04 Å². The van der Waals surface area contributed by atoms with Gasteiger partial charge < -0.3 is 25.8 Å². The number of primary amides is 1. The Balaban J connectivity index is 1.70. The quantitative estimate of drug-likeness (QED) is 0.779. The Morgan fingerprint density at radius 3 is 2.44 bits per heavy atom. The lowest BCUT2D eigenvalue weighted by Gasteiger charge is -2.31. The number of benzene rings is 1. The topological polar surface area (TPSA) is 103 Å². The molecule has 7 heteroatoms. The molecule has 1 spiro atoms. The zero-order valence-electron chi connectivity index (χ0n) is 14.6. The Morgan fingerprint density at radius 2 is 1.80 bits per heavy atom. The van der Waals surface area contributed by atoms with E-state index in [0.29, 0.717) is 17.2 Å². The van der Waals surface area contributed by atoms with Crippen molar-refractivity contribution in [1.82, 2.24) is 5.32 Å². The van der Waals surface area contributed by atoms with Crippen molar-refractivity contribution in [2.75, 3.05) is 5.32 Å². The number of urea groups is 1. The lowest BCUT2D eigenvalue weighted by Crippen LogP contribution is -2.49. The molecule has 1 heterocycles. The zero-order valence-corrected chi connectivity index (χ0v) is 14.6. The lowest BCUT2D eigenvalue weighted by molar-refractivity contribution is -0.118. The van der Waals surface area contributed by atoms with Gasteiger partial charge >= 0.3 is 6.03 Å². The van der Waals surface area contributed by atoms with Crippen molar-refractivity contribution < 1.29 is 19.1 Å². The Labute approximate surface area is 147 Å². The van der Waals surface area contributed by atoms with Gasteiger partial charge in [0.25, 0.3) is 5.79 Å². The molecule has 1 atom stereocenters. The Kier molecular flexibility index (Phi) is 4.74. The fourth-order valence-corrected chi connectivity index (χ4v) is 3.37. The first-order valence-electron chi connectivity index (χ1n) is 8.77. The smallest absolute Gasteiger partial charge is 0.312 e. The van der Waals surface area contributed by atoms with Crippen LogP contribution in [-0.2, 0) is 4.79 Å². The molecule has 2 aliphatic rings. The van der Waals surface area contributed by atoms with Gasteiger partial charge in [-0.2, -0.15) is 0 Å². The van der Waals surface area contributed by atoms with E-state index in [1.54, 1.807) is 18.2 Å². The van der Waals surface area contributed by atoms with E-state index in [9.17, 15) is 9.59 Å². The van der Waals surface area contributed by atoms with Gasteiger partial charge in [-0.3, -0.25) is 4.79 Å². The SMILES string of the molecule is CC(C)[C@@H](NC(N)=O)C(=O)Nc1ccc2c(c1)OC1(CCCCC1)O2. The summed E-state index contributed by atoms with van der Waals surface area (Å²) in [5, 5.41) is 5.27. The first-order chi connectivity index (χ1) is 11.9. The molecule has 1 aliphatic heterocycles. The Morgan fingerprint density at radius 1 is 1.12 bits per heavy atom. The third-order valence-electron chi connectivity index (χ3n) is 4.67. The van der Waals surface area contributed by atoms with E-state index in [4.69, 9.17) is 15.2 Å². The number of nitrogens with two attached hydrogens (primary N) is 1. The number of carbonyl (C=O) groups excluding carboxylic acids is 2. The molecular formula is C18H25N3O4. The minimum atomic E-state index is -0.723. The first-order valence-corrected chi connectivity index (χ1v) is 8.77. The van der Waals surface area contributed by atoms with Gasteiger partial charge in [0.2, 0.25) is 5.91 Å². The highest BCUT2D eigenvalue weighted by molar-refractivity contribution is 5.97. The molecule has 0 radical (unpaired) electrons. The number of ether oxygens (including phenoxy) is 2. The Hall–Kier alpha value is -2.44. The van der Waals surface area contributed by atoms with E-state index >= 15 is 0 Å². The summed E-state index contributed by atoms with van der Waals surface area (Å²) in [4.78, 5) is 23.5. The fraction of sp³-hybridized carbons (Fsp3) is 0.556. The maximum Gasteiger partial charge on any atom is 0.312 e. The molecule has 1 saturated carbocycles. The summed E-state index contributed by atoms with van der Waals surface area (Å²) in [7, 11) is 0. The van der Waals surface area contributed by atoms with Gasteiger partial charge in [-0.15, -0.1) is 0 Å². The average Bonchev–Trinajstić information content (AvgIpc) is 2.89. The van der Waals surface area contributed by atoms with Crippen molar-refractivity contribution in [3.05, 3.63) is 18.2 Å². The molecule has 3 amide bonds. The maximum absolute atomic E-state index is 12.4. The summed E-state index contributed by atoms with van der Waals surface area (Å²) in [6.07, 6.45) is 5.14. The average molecular weight is 347 g/mol. The second-order valence-electron chi connectivity index (χ2n) is 7.06. The molecule has 0 unspecified atom stereocenters. The van der Waals surface area contributed by atoms with Gasteiger partial charge in [-0.1, -0.05) is 20.3 Å². The van der Waals surface area contributed by atoms with Crippen LogP contribution in [0.4, 0.5) is 10.5 Å². The molecule has 1 aliphatic carbocycles. The van der Waals surface area contributed by atoms with E-state index in [1.807, 2.05) is 13.8 Å². The maximum atomic E-state index is 12.4. The van der Waals surface area contributed by atoms with Gasteiger partial charge in [0.05, 0.1) is 0 Å². The van der Waals surface area contributed by atoms with Crippen LogP contribution in [0.25, 0.3) is 0 Å². The molecule has 0 saturated heterocycles. The highest BCUT2D eigenvalue weighted by Crippen LogP contribution is 2.46. The summed E-state index contributed by atoms with van der Waals surface area (Å²) in [5.74, 6) is 0.392. The monoisotopic (exact) mass is 347 g/mol. The standard InChI is InChI=1S/C18H25N3O4/c1-11(2)15(21-17(19)23)16(22)20-12-6-7-13-14(10-12)25-18(24-13)8-4-3-5-9-18/h6-7,10-11,15H,3-5,8-9H2,1-2H3,(H,20,22)(H3,19,21,23)/t15-/m1/s1. The summed E-state index contributed by atoms with van der Waals surface area (Å²) in [5.41, 5.74) is 5.74. The van der Waals surface area contributed by atoms with E-state index in [-0.39, 0.29) is 11.8 Å². The number of hydrogen-bond acceptors (Lipinski definition) is 4. The number of amides is 3. The van der Waals surface area contributed by atoms with Crippen molar-refractivity contribution in [3.63, 3.8) is 0 Å². The zero-order chi connectivity index (χ0) is 18.0. The van der Waals surface area contributed by atoms with Crippen LogP contribution in [0.5, 0.6) is 11.5 Å². The molecule has 7 nitrogen and oxygen atoms in total. The number of nitrogens with one attached hydrogen (secondary N) is 2. The summed E-state index contributed by atoms with van der Waals surface area (Å²) >= 11 is 0. The van der Waals surface area contributed by atoms with Crippen LogP contribution < -0.4 is 25.8 Å². The molecule has 0 bridgehead atoms. The summed E-state index contributed by atoms with van der Waals surface area (Å²) in [6.45, 7) is 3.68. The predicted octanol–water partition coefficient (Wildman–Crippen LogP) is 2.75. The molecule has 0 aromatic heterocycles. The summed E-state index contributed by atoms with van der Waals surface area (Å²) < 4.78 is 12.1. The number of anilines is 1. The highest BCUT2D eigenvalue weighted by atomic mass is 16.7. The van der Waals surface area contributed by atoms with E-state index < -0.39 is 17.9 Å². The van der Waals surface area contributed by atoms with Gasteiger partial charge in [-0.25, -0.2) is 4.79 Å². The van der Waals surface area contributed by atoms with Gasteiger partial charge in [0, 0.05) is 24.6 Å². The second-order valence-corrected chi connectivity index (χ2v) is 7.06. The number of fused-ring (bicyclic) bond motifs is 1. The van der Waals surface area contributed by atoms with E-state index in [2.05, 4.69) is 10.6 Å². The second kappa shape index (κ2) is 6.82. The molecule has 1 fully saturated rings. The number of carbonyl (C=O) groups is 2. The van der Waals surface area contributed by atoms with Crippen LogP contribution in [0.1, 0.15) is 46.0 Å². The molecule has 1 aromatic carbocycles. The Bertz CT molecular complexity index is 668. The molecule has 3 rings (SSSR count). The van der Waals surface area contributed by atoms with Crippen molar-refractivity contribution in [2.24, 2.45) is 11.7 Å². The van der Waals surface area contributed by atoms with Gasteiger partial charge in [-0.05, 0) is 30.9 Å². The van der Waals surface area contributed by atoms with Crippen molar-refractivity contribution in [2.45, 2.75) is 57.8 Å². The van der Waals surface area contributed by atoms with E-state index in [1.165, 1.54) is 6.42 Å². The van der Waals surface area contributed by atoms with Crippen molar-refractivity contribution >= 4 is 17.6 Å². The minimum Gasteiger partial charge on any atom is -0.448 e. The molecular weight excluding hydrogens is 322 g/mol. The molecule has 4 N–H and O–H groups in total. The first kappa shape index (κ1) is 17.4. The summed E-state index contributed by atoms with van der Waals surface area (Å²) in [6, 6.07) is 3.91. The number of hydrogen-bond donors (Lipinski definition) is 3. The van der Waals surface area contributed by atoms with Crippen LogP contribution in [0, 0.1) is 5.92 Å². The number of rotatable bonds is 4. The largest absolute Gasteiger partial charge is 0.448 e. The van der Waals surface area contributed by atoms with Crippen LogP contribution >= 0.6 is 0 Å². The van der Waals surface area contributed by atoms with Crippen LogP contribution in [0.15, 0.2) is 18.2 Å². The van der Waals surface area contributed by atoms with Crippen LogP contribution in [0.3, 0.4) is 0 Å². The van der Waals surface area contributed by atoms with Crippen molar-refractivity contribution in [1.29, 1.82) is 0 Å². The predicted molar refractivity (Wildman–Crippen MR) is 93.5 cm³/mol. The van der Waals surface area contributed by atoms with Crippen molar-refractivity contribution in [3.8, 4) is 11.5 Å². The fourth-order valence-electron chi connectivity index (χ4n) is 3.37.